The van der Waals surface area contributed by atoms with Gasteiger partial charge in [-0.1, -0.05) is 0 Å². The second-order valence-corrected chi connectivity index (χ2v) is 13.0. The van der Waals surface area contributed by atoms with Crippen LogP contribution >= 0.6 is 0 Å². The monoisotopic (exact) mass is 826 g/mol. The summed E-state index contributed by atoms with van der Waals surface area (Å²) in [7, 11) is 1.68. The summed E-state index contributed by atoms with van der Waals surface area (Å²) in [4.78, 5) is 37.3. The van der Waals surface area contributed by atoms with Crippen LogP contribution in [0.5, 0.6) is 0 Å². The maximum absolute atomic E-state index is 11.9. The number of hydrogen-bond donors (Lipinski definition) is 0. The summed E-state index contributed by atoms with van der Waals surface area (Å²) in [5.74, 6) is -0.622. The summed E-state index contributed by atoms with van der Waals surface area (Å²) in [6, 6.07) is 0. The van der Waals surface area contributed by atoms with Gasteiger partial charge in [-0.2, -0.15) is 0 Å². The number of rotatable bonds is 42. The molecule has 0 aromatic carbocycles. The molecule has 0 fully saturated rings. The number of nitrogens with zero attached hydrogens (tertiary/aromatic N) is 2. The van der Waals surface area contributed by atoms with E-state index in [1.165, 1.54) is 17.1 Å². The van der Waals surface area contributed by atoms with Crippen molar-refractivity contribution in [2.24, 2.45) is 0 Å². The first-order chi connectivity index (χ1) is 27.7. The van der Waals surface area contributed by atoms with Crippen molar-refractivity contribution < 1.29 is 80.7 Å². The van der Waals surface area contributed by atoms with Crippen LogP contribution in [0.2, 0.25) is 0 Å². The maximum atomic E-state index is 11.9. The van der Waals surface area contributed by atoms with Gasteiger partial charge in [0.1, 0.15) is 5.60 Å². The van der Waals surface area contributed by atoms with Gasteiger partial charge in [-0.05, 0) is 20.8 Å². The van der Waals surface area contributed by atoms with Gasteiger partial charge in [0.2, 0.25) is 0 Å². The smallest absolute Gasteiger partial charge is 0.410 e. The van der Waals surface area contributed by atoms with E-state index < -0.39 is 5.60 Å². The molecule has 1 aliphatic rings. The first kappa shape index (κ1) is 52.6. The summed E-state index contributed by atoms with van der Waals surface area (Å²) in [5, 5.41) is 0. The molecule has 19 heteroatoms. The molecule has 1 heterocycles. The van der Waals surface area contributed by atoms with E-state index in [2.05, 4.69) is 0 Å². The Morgan fingerprint density at radius 2 is 0.667 bits per heavy atom. The summed E-state index contributed by atoms with van der Waals surface area (Å²) in [5.41, 5.74) is -0.517. The van der Waals surface area contributed by atoms with Crippen molar-refractivity contribution in [3.05, 3.63) is 12.2 Å². The standard InChI is InChI=1S/C38H70N2O17/c1-38(2,3)57-37(43)39(4)7-9-44-11-13-46-15-17-48-19-21-50-23-25-52-27-29-54-31-33-56-34-32-55-30-28-53-26-24-51-22-20-49-18-16-47-14-12-45-10-8-40-35(41)5-6-36(40)42/h5-6H,7-34H2,1-4H3. The third-order valence-corrected chi connectivity index (χ3v) is 7.10. The number of carbonyl (C=O) groups is 3. The predicted octanol–water partition coefficient (Wildman–Crippen LogP) is 0.994. The zero-order valence-electron chi connectivity index (χ0n) is 34.8. The Morgan fingerprint density at radius 1 is 0.439 bits per heavy atom. The summed E-state index contributed by atoms with van der Waals surface area (Å²) >= 11 is 0. The Bertz CT molecular complexity index is 983. The number of ether oxygens (including phenoxy) is 14. The number of hydrogen-bond acceptors (Lipinski definition) is 17. The molecule has 3 amide bonds. The Kier molecular flexibility index (Phi) is 35.0. The van der Waals surface area contributed by atoms with Gasteiger partial charge in [0.05, 0.1) is 178 Å². The fourth-order valence-corrected chi connectivity index (χ4v) is 4.18. The van der Waals surface area contributed by atoms with Gasteiger partial charge in [0, 0.05) is 25.7 Å². The molecular formula is C38H70N2O17. The van der Waals surface area contributed by atoms with E-state index in [-0.39, 0.29) is 31.1 Å². The van der Waals surface area contributed by atoms with Crippen molar-refractivity contribution in [1.82, 2.24) is 9.80 Å². The van der Waals surface area contributed by atoms with E-state index in [0.717, 1.165) is 4.90 Å². The quantitative estimate of drug-likeness (QED) is 0.0626. The minimum absolute atomic E-state index is 0.234. The lowest BCUT2D eigenvalue weighted by Crippen LogP contribution is -2.36. The third-order valence-electron chi connectivity index (χ3n) is 7.10. The van der Waals surface area contributed by atoms with Crippen LogP contribution in [0.3, 0.4) is 0 Å². The van der Waals surface area contributed by atoms with Crippen molar-refractivity contribution in [2.75, 3.05) is 192 Å². The molecule has 0 radical (unpaired) electrons. The van der Waals surface area contributed by atoms with Crippen molar-refractivity contribution >= 4 is 17.9 Å². The van der Waals surface area contributed by atoms with Crippen molar-refractivity contribution in [3.63, 3.8) is 0 Å². The van der Waals surface area contributed by atoms with Gasteiger partial charge >= 0.3 is 6.09 Å². The topological polar surface area (TPSA) is 187 Å². The molecule has 0 bridgehead atoms. The summed E-state index contributed by atoms with van der Waals surface area (Å²) in [6.45, 7) is 17.9. The zero-order chi connectivity index (χ0) is 41.5. The first-order valence-corrected chi connectivity index (χ1v) is 19.7. The molecule has 0 aliphatic carbocycles. The van der Waals surface area contributed by atoms with Crippen molar-refractivity contribution in [2.45, 2.75) is 26.4 Å². The molecule has 0 N–H and O–H groups in total. The molecule has 57 heavy (non-hydrogen) atoms. The molecule has 0 aromatic rings. The lowest BCUT2D eigenvalue weighted by molar-refractivity contribution is -0.137. The van der Waals surface area contributed by atoms with E-state index >= 15 is 0 Å². The van der Waals surface area contributed by atoms with Gasteiger partial charge in [-0.3, -0.25) is 14.5 Å². The minimum atomic E-state index is -0.517. The van der Waals surface area contributed by atoms with E-state index in [0.29, 0.717) is 172 Å². The van der Waals surface area contributed by atoms with Crippen LogP contribution in [0.15, 0.2) is 12.2 Å². The molecule has 0 unspecified atom stereocenters. The Balaban J connectivity index is 1.64. The van der Waals surface area contributed by atoms with E-state index in [4.69, 9.17) is 66.3 Å². The Labute approximate surface area is 338 Å². The first-order valence-electron chi connectivity index (χ1n) is 19.7. The molecule has 1 rings (SSSR count). The highest BCUT2D eigenvalue weighted by Gasteiger charge is 2.22. The predicted molar refractivity (Wildman–Crippen MR) is 205 cm³/mol. The van der Waals surface area contributed by atoms with Gasteiger partial charge in [0.15, 0.2) is 0 Å². The van der Waals surface area contributed by atoms with Crippen LogP contribution in [0, 0.1) is 0 Å². The average Bonchev–Trinajstić information content (AvgIpc) is 3.50. The number of amides is 3. The molecule has 0 saturated carbocycles. The fraction of sp³-hybridized carbons (Fsp3) is 0.868. The van der Waals surface area contributed by atoms with Gasteiger partial charge in [-0.15, -0.1) is 0 Å². The second kappa shape index (κ2) is 37.9. The van der Waals surface area contributed by atoms with Crippen LogP contribution in [0.1, 0.15) is 20.8 Å². The lowest BCUT2D eigenvalue weighted by atomic mass is 10.2. The van der Waals surface area contributed by atoms with Crippen molar-refractivity contribution in [1.29, 1.82) is 0 Å². The lowest BCUT2D eigenvalue weighted by Gasteiger charge is -2.24. The highest BCUT2D eigenvalue weighted by Crippen LogP contribution is 2.09. The van der Waals surface area contributed by atoms with E-state index in [1.54, 1.807) is 7.05 Å². The van der Waals surface area contributed by atoms with Crippen molar-refractivity contribution in [3.8, 4) is 0 Å². The Hall–Kier alpha value is -2.37. The fourth-order valence-electron chi connectivity index (χ4n) is 4.18. The van der Waals surface area contributed by atoms with Crippen LogP contribution < -0.4 is 0 Å². The van der Waals surface area contributed by atoms with E-state index in [1.807, 2.05) is 20.8 Å². The molecule has 1 aliphatic heterocycles. The molecule has 0 saturated heterocycles. The normalized spacial score (nSPS) is 13.0. The second-order valence-electron chi connectivity index (χ2n) is 13.0. The molecule has 19 nitrogen and oxygen atoms in total. The van der Waals surface area contributed by atoms with Gasteiger partial charge in [-0.25, -0.2) is 4.79 Å². The van der Waals surface area contributed by atoms with Gasteiger partial charge < -0.3 is 71.2 Å². The number of imide groups is 1. The molecular weight excluding hydrogens is 756 g/mol. The Morgan fingerprint density at radius 3 is 0.912 bits per heavy atom. The third kappa shape index (κ3) is 35.3. The zero-order valence-corrected chi connectivity index (χ0v) is 34.8. The largest absolute Gasteiger partial charge is 0.444 e. The molecule has 334 valence electrons. The highest BCUT2D eigenvalue weighted by atomic mass is 16.6. The summed E-state index contributed by atoms with van der Waals surface area (Å²) in [6.07, 6.45) is 2.13. The minimum Gasteiger partial charge on any atom is -0.444 e. The van der Waals surface area contributed by atoms with Crippen LogP contribution in [-0.4, -0.2) is 225 Å². The maximum Gasteiger partial charge on any atom is 0.410 e. The number of carbonyl (C=O) groups excluding carboxylic acids is 3. The molecule has 0 atom stereocenters. The summed E-state index contributed by atoms with van der Waals surface area (Å²) < 4.78 is 76.3. The molecule has 0 aromatic heterocycles. The SMILES string of the molecule is CN(CCOCCOCCOCCOCCOCCOCCOCCOCCOCCOCCOCCOCCOCCN1C(=O)C=CC1=O)C(=O)OC(C)(C)C. The van der Waals surface area contributed by atoms with Crippen LogP contribution in [0.25, 0.3) is 0 Å². The highest BCUT2D eigenvalue weighted by molar-refractivity contribution is 6.12. The average molecular weight is 827 g/mol. The van der Waals surface area contributed by atoms with Gasteiger partial charge in [0.25, 0.3) is 11.8 Å². The van der Waals surface area contributed by atoms with Crippen LogP contribution in [-0.2, 0) is 75.9 Å². The van der Waals surface area contributed by atoms with Crippen LogP contribution in [0.4, 0.5) is 4.79 Å². The number of likely N-dealkylation sites (N-methyl/N-ethyl adjacent to an activating group) is 1. The van der Waals surface area contributed by atoms with E-state index in [9.17, 15) is 14.4 Å². The molecule has 0 spiro atoms.